The van der Waals surface area contributed by atoms with E-state index in [2.05, 4.69) is 9.88 Å². The smallest absolute Gasteiger partial charge is 0.256 e. The van der Waals surface area contributed by atoms with Crippen LogP contribution in [0.25, 0.3) is 31.8 Å². The lowest BCUT2D eigenvalue weighted by Crippen LogP contribution is -2.44. The van der Waals surface area contributed by atoms with Gasteiger partial charge in [0.25, 0.3) is 5.56 Å². The highest BCUT2D eigenvalue weighted by Gasteiger charge is 2.29. The Balaban J connectivity index is 1.78. The van der Waals surface area contributed by atoms with Crippen molar-refractivity contribution in [3.05, 3.63) is 46.6 Å². The number of pyridine rings is 1. The molecule has 0 radical (unpaired) electrons. The number of rotatable bonds is 2. The van der Waals surface area contributed by atoms with Gasteiger partial charge in [-0.05, 0) is 30.7 Å². The third-order valence-electron chi connectivity index (χ3n) is 5.53. The van der Waals surface area contributed by atoms with Gasteiger partial charge in [-0.3, -0.25) is 4.79 Å². The van der Waals surface area contributed by atoms with E-state index in [9.17, 15) is 19.4 Å². The maximum atomic E-state index is 13.9. The van der Waals surface area contributed by atoms with Crippen LogP contribution >= 0.6 is 11.3 Å². The first-order chi connectivity index (χ1) is 13.6. The second kappa shape index (κ2) is 6.51. The number of aromatic nitrogens is 2. The van der Waals surface area contributed by atoms with Crippen molar-refractivity contribution < 1.29 is 14.6 Å². The number of nitrogens with zero attached hydrogens (tertiary/aromatic N) is 2. The predicted octanol–water partition coefficient (Wildman–Crippen LogP) is 2.61. The zero-order chi connectivity index (χ0) is 19.4. The molecule has 0 unspecified atom stereocenters. The van der Waals surface area contributed by atoms with Crippen molar-refractivity contribution >= 4 is 48.2 Å². The minimum atomic E-state index is -0.515. The maximum Gasteiger partial charge on any atom is 0.256 e. The number of nitrogens with one attached hydrogen (secondary N) is 1. The van der Waals surface area contributed by atoms with Crippen molar-refractivity contribution in [2.24, 2.45) is 5.92 Å². The quantitative estimate of drug-likeness (QED) is 0.451. The predicted molar refractivity (Wildman–Crippen MR) is 109 cm³/mol. The summed E-state index contributed by atoms with van der Waals surface area (Å²) in [5.41, 5.74) is 0.478. The SMILES string of the molecule is O=c1[nH]ccc2c3sc(N4CC[C@@H](O)[C@@H](CO)C4)nc3c3ccc(F)cc3c12. The van der Waals surface area contributed by atoms with Gasteiger partial charge < -0.3 is 20.1 Å². The summed E-state index contributed by atoms with van der Waals surface area (Å²) in [5, 5.41) is 22.8. The lowest BCUT2D eigenvalue weighted by molar-refractivity contribution is 0.0525. The van der Waals surface area contributed by atoms with Gasteiger partial charge in [-0.25, -0.2) is 9.37 Å². The average molecular weight is 399 g/mol. The number of aliphatic hydroxyl groups is 2. The van der Waals surface area contributed by atoms with Gasteiger partial charge in [0, 0.05) is 41.4 Å². The summed E-state index contributed by atoms with van der Waals surface area (Å²) in [7, 11) is 0. The fourth-order valence-electron chi connectivity index (χ4n) is 4.05. The van der Waals surface area contributed by atoms with Gasteiger partial charge in [0.15, 0.2) is 5.13 Å². The van der Waals surface area contributed by atoms with Gasteiger partial charge in [0.1, 0.15) is 5.82 Å². The second-order valence-electron chi connectivity index (χ2n) is 7.20. The van der Waals surface area contributed by atoms with Crippen LogP contribution in [0.4, 0.5) is 9.52 Å². The van der Waals surface area contributed by atoms with Crippen LogP contribution in [0.5, 0.6) is 0 Å². The molecule has 0 spiro atoms. The normalized spacial score (nSPS) is 20.5. The van der Waals surface area contributed by atoms with Crippen LogP contribution in [-0.2, 0) is 0 Å². The van der Waals surface area contributed by atoms with Crippen molar-refractivity contribution in [1.82, 2.24) is 9.97 Å². The molecule has 144 valence electrons. The Hall–Kier alpha value is -2.55. The van der Waals surface area contributed by atoms with Crippen molar-refractivity contribution in [3.8, 4) is 0 Å². The zero-order valence-corrected chi connectivity index (χ0v) is 15.7. The number of aromatic amines is 1. The molecular weight excluding hydrogens is 381 g/mol. The van der Waals surface area contributed by atoms with Gasteiger partial charge in [-0.1, -0.05) is 11.3 Å². The maximum absolute atomic E-state index is 13.9. The van der Waals surface area contributed by atoms with Gasteiger partial charge >= 0.3 is 0 Å². The minimum Gasteiger partial charge on any atom is -0.396 e. The molecule has 0 amide bonds. The van der Waals surface area contributed by atoms with Crippen molar-refractivity contribution in [2.75, 3.05) is 24.6 Å². The van der Waals surface area contributed by atoms with E-state index in [-0.39, 0.29) is 18.1 Å². The standard InChI is InChI=1S/C20H18FN3O3S/c21-11-1-2-12-14(7-11)16-13(3-5-22-19(16)27)18-17(12)23-20(28-18)24-6-4-15(26)10(8-24)9-25/h1-3,5,7,10,15,25-26H,4,6,8-9H2,(H,22,27)/t10-,15-/m1/s1. The van der Waals surface area contributed by atoms with Gasteiger partial charge in [-0.2, -0.15) is 0 Å². The van der Waals surface area contributed by atoms with Crippen molar-refractivity contribution in [2.45, 2.75) is 12.5 Å². The number of piperidine rings is 1. The van der Waals surface area contributed by atoms with Crippen molar-refractivity contribution in [3.63, 3.8) is 0 Å². The van der Waals surface area contributed by atoms with Gasteiger partial charge in [0.2, 0.25) is 0 Å². The molecule has 2 aromatic carbocycles. The van der Waals surface area contributed by atoms with Gasteiger partial charge in [0.05, 0.1) is 28.3 Å². The molecular formula is C20H18FN3O3S. The number of fused-ring (bicyclic) bond motifs is 6. The number of benzene rings is 2. The number of halogens is 1. The highest BCUT2D eigenvalue weighted by Crippen LogP contribution is 2.40. The van der Waals surface area contributed by atoms with Gasteiger partial charge in [-0.15, -0.1) is 0 Å². The molecule has 5 rings (SSSR count). The first-order valence-electron chi connectivity index (χ1n) is 9.14. The number of hydrogen-bond donors (Lipinski definition) is 3. The van der Waals surface area contributed by atoms with E-state index >= 15 is 0 Å². The molecule has 28 heavy (non-hydrogen) atoms. The van der Waals surface area contributed by atoms with Crippen LogP contribution in [0, 0.1) is 11.7 Å². The molecule has 3 N–H and O–H groups in total. The monoisotopic (exact) mass is 399 g/mol. The van der Waals surface area contributed by atoms with Crippen LogP contribution in [0.1, 0.15) is 6.42 Å². The Morgan fingerprint density at radius 2 is 2.14 bits per heavy atom. The van der Waals surface area contributed by atoms with E-state index in [1.54, 1.807) is 12.3 Å². The molecule has 3 heterocycles. The molecule has 0 bridgehead atoms. The molecule has 8 heteroatoms. The summed E-state index contributed by atoms with van der Waals surface area (Å²) < 4.78 is 14.8. The first-order valence-corrected chi connectivity index (χ1v) is 9.95. The van der Waals surface area contributed by atoms with Crippen LogP contribution in [0.15, 0.2) is 35.3 Å². The van der Waals surface area contributed by atoms with E-state index in [4.69, 9.17) is 4.98 Å². The molecule has 6 nitrogen and oxygen atoms in total. The van der Waals surface area contributed by atoms with Crippen LogP contribution in [0.3, 0.4) is 0 Å². The van der Waals surface area contributed by atoms with Crippen molar-refractivity contribution in [1.29, 1.82) is 0 Å². The summed E-state index contributed by atoms with van der Waals surface area (Å²) in [6, 6.07) is 6.24. The number of anilines is 1. The first kappa shape index (κ1) is 17.5. The van der Waals surface area contributed by atoms with E-state index in [0.29, 0.717) is 30.3 Å². The van der Waals surface area contributed by atoms with E-state index < -0.39 is 11.9 Å². The highest BCUT2D eigenvalue weighted by atomic mass is 32.1. The van der Waals surface area contributed by atoms with Crippen LogP contribution in [-0.4, -0.2) is 46.0 Å². The fourth-order valence-corrected chi connectivity index (χ4v) is 5.19. The Bertz CT molecular complexity index is 1270. The summed E-state index contributed by atoms with van der Waals surface area (Å²) in [6.45, 7) is 1.08. The topological polar surface area (TPSA) is 89.5 Å². The number of thiazole rings is 1. The summed E-state index contributed by atoms with van der Waals surface area (Å²) in [5.74, 6) is -0.617. The molecule has 0 saturated carbocycles. The fraction of sp³-hybridized carbons (Fsp3) is 0.300. The molecule has 1 saturated heterocycles. The molecule has 4 aromatic rings. The summed E-state index contributed by atoms with van der Waals surface area (Å²) >= 11 is 1.48. The molecule has 1 aliphatic rings. The number of aliphatic hydroxyl groups excluding tert-OH is 2. The Morgan fingerprint density at radius 1 is 1.29 bits per heavy atom. The Morgan fingerprint density at radius 3 is 2.96 bits per heavy atom. The third-order valence-corrected chi connectivity index (χ3v) is 6.68. The molecule has 1 fully saturated rings. The summed E-state index contributed by atoms with van der Waals surface area (Å²) in [4.78, 5) is 22.1. The van der Waals surface area contributed by atoms with Crippen LogP contribution < -0.4 is 10.5 Å². The van der Waals surface area contributed by atoms with E-state index in [1.165, 1.54) is 23.5 Å². The minimum absolute atomic E-state index is 0.0803. The second-order valence-corrected chi connectivity index (χ2v) is 8.18. The molecule has 2 atom stereocenters. The number of H-pyrrole nitrogens is 1. The van der Waals surface area contributed by atoms with E-state index in [1.807, 2.05) is 6.07 Å². The third kappa shape index (κ3) is 2.60. The molecule has 1 aliphatic heterocycles. The largest absolute Gasteiger partial charge is 0.396 e. The Kier molecular flexibility index (Phi) is 4.08. The molecule has 0 aliphatic carbocycles. The van der Waals surface area contributed by atoms with Crippen LogP contribution in [0.2, 0.25) is 0 Å². The summed E-state index contributed by atoms with van der Waals surface area (Å²) in [6.07, 6.45) is 1.64. The highest BCUT2D eigenvalue weighted by molar-refractivity contribution is 7.23. The Labute approximate surface area is 162 Å². The van der Waals surface area contributed by atoms with E-state index in [0.717, 1.165) is 26.1 Å². The lowest BCUT2D eigenvalue weighted by atomic mass is 9.96. The average Bonchev–Trinajstić information content (AvgIpc) is 3.14. The lowest BCUT2D eigenvalue weighted by Gasteiger charge is -2.35. The molecule has 2 aromatic heterocycles. The number of hydrogen-bond acceptors (Lipinski definition) is 6. The zero-order valence-electron chi connectivity index (χ0n) is 14.9.